The van der Waals surface area contributed by atoms with Gasteiger partial charge < -0.3 is 25.4 Å². The predicted octanol–water partition coefficient (Wildman–Crippen LogP) is 26.1. The van der Waals surface area contributed by atoms with E-state index in [-0.39, 0.29) is 147 Å². The molecule has 17 aromatic rings. The minimum atomic E-state index is -0.125. The van der Waals surface area contributed by atoms with Crippen molar-refractivity contribution in [2.45, 2.75) is 69.2 Å². The molecule has 0 fully saturated rings. The summed E-state index contributed by atoms with van der Waals surface area (Å²) >= 11 is 0. The van der Waals surface area contributed by atoms with Gasteiger partial charge in [0.2, 0.25) is 0 Å². The van der Waals surface area contributed by atoms with Crippen molar-refractivity contribution in [1.29, 1.82) is 0 Å². The molecule has 0 saturated carbocycles. The van der Waals surface area contributed by atoms with E-state index in [0.717, 1.165) is 94.7 Å². The van der Waals surface area contributed by atoms with Crippen molar-refractivity contribution < 1.29 is 140 Å². The summed E-state index contributed by atoms with van der Waals surface area (Å²) in [6.45, 7) is 15.6. The molecule has 0 saturated heterocycles. The minimum absolute atomic E-state index is 0. The van der Waals surface area contributed by atoms with Gasteiger partial charge >= 0.3 is 0 Å². The van der Waals surface area contributed by atoms with Gasteiger partial charge in [-0.05, 0) is 147 Å². The number of allylic oxidation sites excluding steroid dienone is 8. The largest absolute Gasteiger partial charge is 0.512 e. The zero-order chi connectivity index (χ0) is 85.7. The number of ketones is 4. The van der Waals surface area contributed by atoms with E-state index in [1.807, 2.05) is 188 Å². The Morgan fingerprint density at radius 3 is 1.02 bits per heavy atom. The van der Waals surface area contributed by atoms with E-state index in [2.05, 4.69) is 194 Å². The van der Waals surface area contributed by atoms with Crippen LogP contribution in [0.2, 0.25) is 0 Å². The van der Waals surface area contributed by atoms with Gasteiger partial charge in [0.25, 0.3) is 0 Å². The number of hydrogen-bond donors (Lipinski definition) is 4. The second kappa shape index (κ2) is 55.3. The Kier molecular flexibility index (Phi) is 46.6. The van der Waals surface area contributed by atoms with Crippen molar-refractivity contribution in [3.05, 3.63) is 417 Å². The Morgan fingerprint density at radius 1 is 0.288 bits per heavy atom. The molecule has 0 bridgehead atoms. The fourth-order valence-electron chi connectivity index (χ4n) is 12.2. The molecular weight excluding hydrogens is 2440 g/mol. The first-order valence-electron chi connectivity index (χ1n) is 38.6. The molecule has 0 amide bonds. The number of nitrogens with zero attached hydrogens (tertiary/aromatic N) is 5. The van der Waals surface area contributed by atoms with Crippen LogP contribution in [0.25, 0.3) is 133 Å². The number of hydrogen-bond acceptors (Lipinski definition) is 13. The Hall–Kier alpha value is -12.0. The van der Waals surface area contributed by atoms with Crippen LogP contribution < -0.4 is 0 Å². The van der Waals surface area contributed by atoms with Crippen molar-refractivity contribution in [2.24, 2.45) is 0 Å². The average molecular weight is 2540 g/mol. The third-order valence-electron chi connectivity index (χ3n) is 17.2. The standard InChI is InChI=1S/C21H14N.C19H12N.C17H14N.2C15H10N.4C5H8O2.5Ir/c1-2-6-16(7-3-1)17-10-12-19(13-11-17)21-15-14-18-8-4-5-9-20(18)22-21;1-2-7-16-13-17(10-9-14(16)5-1)19-12-11-15-6-3-4-8-18(15)20-19;1-12-9-13(2)11-15(10-12)17-8-7-14-5-3-4-6-16(14)18-17;1-2-7-13(8-3-1)15-14-9-5-4-6-12(14)10-11-16-15;1-2-6-12(7-3-1)15-11-10-13-8-4-5-9-14(13)16-15;4*1-4(6)3-5(2)7;;;;;/h1-12,14-15H;1-9,11-13H;3-10H,1-2H3;1-7,9-11H;1-6,8-11H;4*3,6H,1-2H3;;;;;/q5*-1;;;;;;;;;. The van der Waals surface area contributed by atoms with Gasteiger partial charge in [-0.3, -0.25) is 39.1 Å². The number of pyridine rings is 5. The maximum absolute atomic E-state index is 10.0. The number of rotatable bonds is 10. The first kappa shape index (κ1) is 105. The number of aliphatic hydroxyl groups is 4. The molecule has 13 nitrogen and oxygen atoms in total. The van der Waals surface area contributed by atoms with Crippen molar-refractivity contribution in [2.75, 3.05) is 0 Å². The third-order valence-corrected chi connectivity index (χ3v) is 17.2. The minimum Gasteiger partial charge on any atom is -0.512 e. The van der Waals surface area contributed by atoms with Crippen LogP contribution in [0.15, 0.2) is 375 Å². The van der Waals surface area contributed by atoms with Gasteiger partial charge in [-0.15, -0.1) is 166 Å². The molecule has 5 aromatic heterocycles. The third kappa shape index (κ3) is 35.7. The summed E-state index contributed by atoms with van der Waals surface area (Å²) in [6.07, 6.45) is 6.51. The summed E-state index contributed by atoms with van der Waals surface area (Å²) in [5.74, 6) is -0.250. The van der Waals surface area contributed by atoms with Gasteiger partial charge in [0, 0.05) is 131 Å². The molecule has 17 rings (SSSR count). The molecule has 0 spiro atoms. The van der Waals surface area contributed by atoms with Crippen LogP contribution in [0.1, 0.15) is 66.5 Å². The van der Waals surface area contributed by atoms with Crippen molar-refractivity contribution in [3.63, 3.8) is 0 Å². The van der Waals surface area contributed by atoms with Crippen molar-refractivity contribution in [3.8, 4) is 67.4 Å². The first-order chi connectivity index (χ1) is 57.9. The van der Waals surface area contributed by atoms with Crippen LogP contribution in [0.4, 0.5) is 0 Å². The van der Waals surface area contributed by atoms with Gasteiger partial charge in [-0.2, -0.15) is 0 Å². The number of carbonyl (C=O) groups is 4. The van der Waals surface area contributed by atoms with Gasteiger partial charge in [-0.25, -0.2) is 0 Å². The van der Waals surface area contributed by atoms with E-state index in [1.165, 1.54) is 129 Å². The van der Waals surface area contributed by atoms with E-state index in [9.17, 15) is 19.2 Å². The van der Waals surface area contributed by atoms with Gasteiger partial charge in [0.05, 0.1) is 45.1 Å². The molecule has 0 aliphatic heterocycles. The SMILES string of the molecule is CC(=O)C=C(C)O.CC(=O)C=C(C)O.CC(=O)C=C(C)O.CC(=O)C=C(C)O.Cc1[c-]c(-c2ccc3ccccc3n2)cc(C)c1.[Ir].[Ir].[Ir].[Ir].[Ir].[c-]1cc(-c2ccccc2)ccc1-c1ccc2ccccc2n1.[c-]1cc2ccccc2cc1-c1ccc2ccccc2n1.[c-]1ccccc1-c1ccc2ccccc2n1.[c-]1ccccc1-c1nccc2ccccc12. The molecule has 18 heteroatoms. The smallest absolute Gasteiger partial charge is 0.155 e. The second-order valence-corrected chi connectivity index (χ2v) is 27.7. The first-order valence-corrected chi connectivity index (χ1v) is 38.6. The summed E-state index contributed by atoms with van der Waals surface area (Å²) in [4.78, 5) is 63.3. The Bertz CT molecular complexity index is 6220. The number of carbonyl (C=O) groups excluding carboxylic acids is 4. The summed E-state index contributed by atoms with van der Waals surface area (Å²) in [5, 5.41) is 42.9. The molecule has 0 unspecified atom stereocenters. The van der Waals surface area contributed by atoms with Crippen molar-refractivity contribution in [1.82, 2.24) is 24.9 Å². The Balaban J connectivity index is 0.000000303. The van der Waals surface area contributed by atoms with Crippen LogP contribution in [-0.2, 0) is 120 Å². The summed E-state index contributed by atoms with van der Waals surface area (Å²) in [6, 6.07) is 125. The normalized spacial score (nSPS) is 10.4. The Labute approximate surface area is 799 Å². The quantitative estimate of drug-likeness (QED) is 0.0570. The maximum Gasteiger partial charge on any atom is 0.155 e. The molecule has 0 aliphatic rings. The molecule has 4 N–H and O–H groups in total. The van der Waals surface area contributed by atoms with Gasteiger partial charge in [-0.1, -0.05) is 231 Å². The monoisotopic (exact) mass is 2540 g/mol. The number of para-hydroxylation sites is 4. The van der Waals surface area contributed by atoms with Gasteiger partial charge in [0.15, 0.2) is 23.1 Å². The topological polar surface area (TPSA) is 214 Å². The summed E-state index contributed by atoms with van der Waals surface area (Å²) in [7, 11) is 0. The predicted molar refractivity (Wildman–Crippen MR) is 491 cm³/mol. The van der Waals surface area contributed by atoms with Crippen molar-refractivity contribution >= 4 is 88.3 Å². The maximum atomic E-state index is 10.0. The van der Waals surface area contributed by atoms with Crippen LogP contribution >= 0.6 is 0 Å². The van der Waals surface area contributed by atoms with Crippen LogP contribution in [0.3, 0.4) is 0 Å². The van der Waals surface area contributed by atoms with Crippen LogP contribution in [0.5, 0.6) is 0 Å². The number of fused-ring (bicyclic) bond motifs is 6. The molecular formula is C107H92Ir5N5O8-5. The average Bonchev–Trinajstić information content (AvgIpc) is 0.821. The number of benzene rings is 12. The van der Waals surface area contributed by atoms with Gasteiger partial charge in [0.1, 0.15) is 0 Å². The van der Waals surface area contributed by atoms with E-state index in [0.29, 0.717) is 0 Å². The second-order valence-electron chi connectivity index (χ2n) is 27.7. The van der Waals surface area contributed by atoms with E-state index in [4.69, 9.17) is 35.4 Å². The molecule has 5 radical (unpaired) electrons. The summed E-state index contributed by atoms with van der Waals surface area (Å²) < 4.78 is 0. The molecule has 5 heterocycles. The molecule has 0 aliphatic carbocycles. The fourth-order valence-corrected chi connectivity index (χ4v) is 12.2. The zero-order valence-corrected chi connectivity index (χ0v) is 82.3. The van der Waals surface area contributed by atoms with E-state index >= 15 is 0 Å². The molecule has 125 heavy (non-hydrogen) atoms. The number of aromatic nitrogens is 5. The van der Waals surface area contributed by atoms with E-state index in [1.54, 1.807) is 0 Å². The zero-order valence-electron chi connectivity index (χ0n) is 70.3. The van der Waals surface area contributed by atoms with E-state index < -0.39 is 0 Å². The molecule has 12 aromatic carbocycles. The van der Waals surface area contributed by atoms with Crippen LogP contribution in [0, 0.1) is 44.2 Å². The Morgan fingerprint density at radius 2 is 0.640 bits per heavy atom. The van der Waals surface area contributed by atoms with Crippen LogP contribution in [-0.4, -0.2) is 68.5 Å². The molecule has 0 atom stereocenters. The summed E-state index contributed by atoms with van der Waals surface area (Å²) in [5.41, 5.74) is 18.9. The fraction of sp³-hybridized carbons (Fsp3) is 0.0935. The number of aliphatic hydroxyl groups excluding tert-OH is 4. The molecule has 643 valence electrons. The number of aryl methyl sites for hydroxylation is 2.